The van der Waals surface area contributed by atoms with Crippen molar-refractivity contribution in [1.82, 2.24) is 5.32 Å². The second-order valence-electron chi connectivity index (χ2n) is 3.31. The molecular formula is C10H11FIN. The van der Waals surface area contributed by atoms with E-state index < -0.39 is 0 Å². The monoisotopic (exact) mass is 291 g/mol. The summed E-state index contributed by atoms with van der Waals surface area (Å²) in [5.74, 6) is -0.0775. The van der Waals surface area contributed by atoms with Gasteiger partial charge in [0.25, 0.3) is 0 Å². The van der Waals surface area contributed by atoms with Crippen LogP contribution in [0.25, 0.3) is 0 Å². The maximum absolute atomic E-state index is 13.5. The fraction of sp³-hybridized carbons (Fsp3) is 0.400. The average Bonchev–Trinajstić information content (AvgIpc) is 2.56. The standard InChI is InChI=1S/C10H11FIN/c11-9-6-7(12)3-4-8(9)10-2-1-5-13-10/h3-4,6,10,13H,1-2,5H2/t10-/m1/s1. The quantitative estimate of drug-likeness (QED) is 0.785. The Morgan fingerprint density at radius 2 is 2.31 bits per heavy atom. The van der Waals surface area contributed by atoms with Gasteiger partial charge in [-0.25, -0.2) is 4.39 Å². The summed E-state index contributed by atoms with van der Waals surface area (Å²) in [6.45, 7) is 1.01. The van der Waals surface area contributed by atoms with Crippen molar-refractivity contribution in [2.45, 2.75) is 18.9 Å². The van der Waals surface area contributed by atoms with E-state index in [0.717, 1.165) is 28.5 Å². The van der Waals surface area contributed by atoms with E-state index in [1.807, 2.05) is 12.1 Å². The van der Waals surface area contributed by atoms with Crippen LogP contribution in [-0.4, -0.2) is 6.54 Å². The summed E-state index contributed by atoms with van der Waals surface area (Å²) in [4.78, 5) is 0. The number of halogens is 2. The van der Waals surface area contributed by atoms with Gasteiger partial charge in [0.2, 0.25) is 0 Å². The topological polar surface area (TPSA) is 12.0 Å². The molecule has 1 saturated heterocycles. The van der Waals surface area contributed by atoms with Crippen molar-refractivity contribution in [1.29, 1.82) is 0 Å². The average molecular weight is 291 g/mol. The first-order chi connectivity index (χ1) is 6.27. The van der Waals surface area contributed by atoms with E-state index in [2.05, 4.69) is 27.9 Å². The van der Waals surface area contributed by atoms with Crippen LogP contribution in [0.1, 0.15) is 24.4 Å². The van der Waals surface area contributed by atoms with E-state index >= 15 is 0 Å². The number of hydrogen-bond acceptors (Lipinski definition) is 1. The highest BCUT2D eigenvalue weighted by Gasteiger charge is 2.19. The molecule has 1 heterocycles. The first-order valence-electron chi connectivity index (χ1n) is 4.46. The molecule has 1 fully saturated rings. The molecule has 0 aliphatic carbocycles. The third kappa shape index (κ3) is 2.02. The molecule has 2 rings (SSSR count). The maximum Gasteiger partial charge on any atom is 0.129 e. The summed E-state index contributed by atoms with van der Waals surface area (Å²) in [7, 11) is 0. The van der Waals surface area contributed by atoms with Gasteiger partial charge in [-0.1, -0.05) is 6.07 Å². The van der Waals surface area contributed by atoms with Crippen LogP contribution in [0.3, 0.4) is 0 Å². The van der Waals surface area contributed by atoms with Crippen molar-refractivity contribution in [3.05, 3.63) is 33.1 Å². The van der Waals surface area contributed by atoms with Crippen molar-refractivity contribution in [3.63, 3.8) is 0 Å². The lowest BCUT2D eigenvalue weighted by Crippen LogP contribution is -2.14. The lowest BCUT2D eigenvalue weighted by Gasteiger charge is -2.11. The Morgan fingerprint density at radius 3 is 2.92 bits per heavy atom. The Bertz CT molecular complexity index is 308. The number of rotatable bonds is 1. The molecule has 0 spiro atoms. The van der Waals surface area contributed by atoms with E-state index in [-0.39, 0.29) is 11.9 Å². The molecule has 1 aromatic rings. The molecule has 1 aliphatic heterocycles. The van der Waals surface area contributed by atoms with Gasteiger partial charge in [-0.05, 0) is 54.1 Å². The van der Waals surface area contributed by atoms with Gasteiger partial charge in [-0.2, -0.15) is 0 Å². The zero-order valence-corrected chi connectivity index (χ0v) is 9.34. The fourth-order valence-electron chi connectivity index (χ4n) is 1.73. The van der Waals surface area contributed by atoms with Crippen LogP contribution >= 0.6 is 22.6 Å². The second-order valence-corrected chi connectivity index (χ2v) is 4.56. The lowest BCUT2D eigenvalue weighted by atomic mass is 10.1. The van der Waals surface area contributed by atoms with E-state index in [4.69, 9.17) is 0 Å². The molecule has 0 saturated carbocycles. The third-order valence-electron chi connectivity index (χ3n) is 2.40. The van der Waals surface area contributed by atoms with Crippen molar-refractivity contribution in [2.24, 2.45) is 0 Å². The molecule has 0 amide bonds. The van der Waals surface area contributed by atoms with Crippen LogP contribution in [-0.2, 0) is 0 Å². The maximum atomic E-state index is 13.5. The highest BCUT2D eigenvalue weighted by atomic mass is 127. The van der Waals surface area contributed by atoms with Crippen molar-refractivity contribution >= 4 is 22.6 Å². The van der Waals surface area contributed by atoms with Crippen LogP contribution in [0, 0.1) is 9.39 Å². The molecule has 1 N–H and O–H groups in total. The fourth-order valence-corrected chi connectivity index (χ4v) is 2.19. The Hall–Kier alpha value is -0.160. The highest BCUT2D eigenvalue weighted by Crippen LogP contribution is 2.26. The van der Waals surface area contributed by atoms with Gasteiger partial charge < -0.3 is 5.32 Å². The first kappa shape index (κ1) is 9.40. The Morgan fingerprint density at radius 1 is 1.46 bits per heavy atom. The van der Waals surface area contributed by atoms with E-state index in [1.165, 1.54) is 0 Å². The molecule has 0 bridgehead atoms. The van der Waals surface area contributed by atoms with E-state index in [9.17, 15) is 4.39 Å². The van der Waals surface area contributed by atoms with Crippen LogP contribution in [0.2, 0.25) is 0 Å². The summed E-state index contributed by atoms with van der Waals surface area (Å²) in [5.41, 5.74) is 0.818. The van der Waals surface area contributed by atoms with Gasteiger partial charge in [0.05, 0.1) is 0 Å². The van der Waals surface area contributed by atoms with Gasteiger partial charge in [-0.15, -0.1) is 0 Å². The number of nitrogens with one attached hydrogen (secondary N) is 1. The summed E-state index contributed by atoms with van der Waals surface area (Å²) in [5, 5.41) is 3.29. The summed E-state index contributed by atoms with van der Waals surface area (Å²) in [6, 6.07) is 5.67. The second kappa shape index (κ2) is 3.92. The van der Waals surface area contributed by atoms with Crippen molar-refractivity contribution in [2.75, 3.05) is 6.54 Å². The zero-order valence-electron chi connectivity index (χ0n) is 7.19. The van der Waals surface area contributed by atoms with E-state index in [0.29, 0.717) is 0 Å². The highest BCUT2D eigenvalue weighted by molar-refractivity contribution is 14.1. The molecule has 0 unspecified atom stereocenters. The molecule has 0 radical (unpaired) electrons. The van der Waals surface area contributed by atoms with E-state index in [1.54, 1.807) is 6.07 Å². The summed E-state index contributed by atoms with van der Waals surface area (Å²) >= 11 is 2.12. The largest absolute Gasteiger partial charge is 0.310 e. The SMILES string of the molecule is Fc1cc(I)ccc1[C@H]1CCCN1. The molecule has 13 heavy (non-hydrogen) atoms. The summed E-state index contributed by atoms with van der Waals surface area (Å²) < 4.78 is 14.4. The molecule has 70 valence electrons. The first-order valence-corrected chi connectivity index (χ1v) is 5.53. The lowest BCUT2D eigenvalue weighted by molar-refractivity contribution is 0.558. The van der Waals surface area contributed by atoms with Gasteiger partial charge in [0.1, 0.15) is 5.82 Å². The van der Waals surface area contributed by atoms with Gasteiger partial charge >= 0.3 is 0 Å². The number of hydrogen-bond donors (Lipinski definition) is 1. The van der Waals surface area contributed by atoms with Gasteiger partial charge in [-0.3, -0.25) is 0 Å². The minimum Gasteiger partial charge on any atom is -0.310 e. The molecule has 1 aromatic carbocycles. The molecule has 0 aromatic heterocycles. The van der Waals surface area contributed by atoms with Crippen LogP contribution in [0.15, 0.2) is 18.2 Å². The minimum absolute atomic E-state index is 0.0775. The molecule has 1 aliphatic rings. The predicted molar refractivity (Wildman–Crippen MR) is 59.1 cm³/mol. The van der Waals surface area contributed by atoms with Gasteiger partial charge in [0, 0.05) is 15.2 Å². The van der Waals surface area contributed by atoms with Crippen molar-refractivity contribution < 1.29 is 4.39 Å². The molecule has 1 atom stereocenters. The molecule has 3 heteroatoms. The Kier molecular flexibility index (Phi) is 2.83. The normalized spacial score (nSPS) is 22.2. The Labute approximate surface area is 90.9 Å². The van der Waals surface area contributed by atoms with Crippen LogP contribution in [0.4, 0.5) is 4.39 Å². The third-order valence-corrected chi connectivity index (χ3v) is 3.07. The Balaban J connectivity index is 2.29. The molecular weight excluding hydrogens is 280 g/mol. The summed E-state index contributed by atoms with van der Waals surface area (Å²) in [6.07, 6.45) is 2.20. The van der Waals surface area contributed by atoms with Gasteiger partial charge in [0.15, 0.2) is 0 Å². The van der Waals surface area contributed by atoms with Crippen molar-refractivity contribution in [3.8, 4) is 0 Å². The van der Waals surface area contributed by atoms with Crippen LogP contribution < -0.4 is 5.32 Å². The smallest absolute Gasteiger partial charge is 0.129 e. The van der Waals surface area contributed by atoms with Crippen LogP contribution in [0.5, 0.6) is 0 Å². The number of benzene rings is 1. The molecule has 1 nitrogen and oxygen atoms in total. The predicted octanol–water partition coefficient (Wildman–Crippen LogP) is 2.85. The zero-order chi connectivity index (χ0) is 9.26. The minimum atomic E-state index is -0.0775.